The molecule has 5 heteroatoms. The van der Waals surface area contributed by atoms with Crippen molar-refractivity contribution in [2.45, 2.75) is 0 Å². The molecule has 1 aromatic carbocycles. The fraction of sp³-hybridized carbons (Fsp3) is 0. The van der Waals surface area contributed by atoms with Crippen molar-refractivity contribution in [2.75, 3.05) is 5.32 Å². The van der Waals surface area contributed by atoms with Gasteiger partial charge in [0.1, 0.15) is 11.5 Å². The first-order valence-corrected chi connectivity index (χ1v) is 4.89. The molecule has 2 rings (SSSR count). The molecule has 1 aromatic heterocycles. The zero-order valence-electron chi connectivity index (χ0n) is 8.74. The molecule has 2 N–H and O–H groups in total. The summed E-state index contributed by atoms with van der Waals surface area (Å²) in [5, 5.41) is 2.51. The van der Waals surface area contributed by atoms with Crippen LogP contribution in [0.15, 0.2) is 36.5 Å². The fourth-order valence-corrected chi connectivity index (χ4v) is 1.37. The molecule has 0 bridgehead atoms. The molecule has 17 heavy (non-hydrogen) atoms. The predicted octanol–water partition coefficient (Wildman–Crippen LogP) is 2.22. The Hall–Kier alpha value is -2.43. The number of H-pyrrole nitrogens is 1. The van der Waals surface area contributed by atoms with Gasteiger partial charge in [-0.25, -0.2) is 4.39 Å². The smallest absolute Gasteiger partial charge is 0.272 e. The summed E-state index contributed by atoms with van der Waals surface area (Å²) in [6.07, 6.45) is 2.06. The van der Waals surface area contributed by atoms with Gasteiger partial charge in [0.2, 0.25) is 0 Å². The number of amides is 1. The van der Waals surface area contributed by atoms with Crippen molar-refractivity contribution in [3.05, 3.63) is 53.6 Å². The van der Waals surface area contributed by atoms with Crippen LogP contribution < -0.4 is 5.32 Å². The highest BCUT2D eigenvalue weighted by atomic mass is 19.1. The van der Waals surface area contributed by atoms with E-state index in [1.165, 1.54) is 30.5 Å². The van der Waals surface area contributed by atoms with Gasteiger partial charge in [0.15, 0.2) is 6.29 Å². The van der Waals surface area contributed by atoms with Gasteiger partial charge in [-0.3, -0.25) is 9.59 Å². The zero-order chi connectivity index (χ0) is 12.3. The van der Waals surface area contributed by atoms with Crippen LogP contribution in [0.2, 0.25) is 0 Å². The van der Waals surface area contributed by atoms with E-state index >= 15 is 0 Å². The first-order chi connectivity index (χ1) is 8.19. The molecule has 0 radical (unpaired) electrons. The second kappa shape index (κ2) is 4.61. The molecule has 1 heterocycles. The standard InChI is InChI=1S/C12H9FN2O2/c13-9-2-1-3-10(5-9)15-12(17)11-4-8(7-16)6-14-11/h1-7,14H,(H,15,17). The van der Waals surface area contributed by atoms with E-state index in [0.717, 1.165) is 0 Å². The SMILES string of the molecule is O=Cc1c[nH]c(C(=O)Nc2cccc(F)c2)c1. The Morgan fingerprint density at radius 3 is 2.82 bits per heavy atom. The minimum Gasteiger partial charge on any atom is -0.356 e. The van der Waals surface area contributed by atoms with E-state index < -0.39 is 11.7 Å². The number of carbonyl (C=O) groups excluding carboxylic acids is 2. The van der Waals surface area contributed by atoms with Crippen molar-refractivity contribution < 1.29 is 14.0 Å². The highest BCUT2D eigenvalue weighted by Crippen LogP contribution is 2.11. The lowest BCUT2D eigenvalue weighted by atomic mass is 10.3. The van der Waals surface area contributed by atoms with E-state index in [4.69, 9.17) is 0 Å². The second-order valence-corrected chi connectivity index (χ2v) is 3.43. The van der Waals surface area contributed by atoms with Gasteiger partial charge in [-0.2, -0.15) is 0 Å². The molecule has 0 aliphatic carbocycles. The quantitative estimate of drug-likeness (QED) is 0.797. The maximum Gasteiger partial charge on any atom is 0.272 e. The summed E-state index contributed by atoms with van der Waals surface area (Å²) in [5.74, 6) is -0.855. The van der Waals surface area contributed by atoms with E-state index in [9.17, 15) is 14.0 Å². The fourth-order valence-electron chi connectivity index (χ4n) is 1.37. The van der Waals surface area contributed by atoms with Crippen LogP contribution in [0.5, 0.6) is 0 Å². The average molecular weight is 232 g/mol. The van der Waals surface area contributed by atoms with Crippen molar-refractivity contribution >= 4 is 17.9 Å². The van der Waals surface area contributed by atoms with E-state index in [0.29, 0.717) is 17.5 Å². The molecule has 0 spiro atoms. The summed E-state index contributed by atoms with van der Waals surface area (Å²) in [4.78, 5) is 24.8. The Bertz CT molecular complexity index is 563. The van der Waals surface area contributed by atoms with Gasteiger partial charge in [0.25, 0.3) is 5.91 Å². The number of hydrogen-bond acceptors (Lipinski definition) is 2. The number of halogens is 1. The number of carbonyl (C=O) groups is 2. The highest BCUT2D eigenvalue weighted by Gasteiger charge is 2.08. The highest BCUT2D eigenvalue weighted by molar-refractivity contribution is 6.03. The normalized spacial score (nSPS) is 9.94. The molecule has 0 aliphatic rings. The van der Waals surface area contributed by atoms with Crippen LogP contribution in [0, 0.1) is 5.82 Å². The third kappa shape index (κ3) is 2.57. The summed E-state index contributed by atoms with van der Waals surface area (Å²) in [7, 11) is 0. The van der Waals surface area contributed by atoms with Crippen LogP contribution in [-0.2, 0) is 0 Å². The number of anilines is 1. The Balaban J connectivity index is 2.14. The van der Waals surface area contributed by atoms with Crippen LogP contribution in [-0.4, -0.2) is 17.2 Å². The van der Waals surface area contributed by atoms with Gasteiger partial charge in [-0.15, -0.1) is 0 Å². The van der Waals surface area contributed by atoms with Crippen molar-refractivity contribution in [3.63, 3.8) is 0 Å². The Labute approximate surface area is 96.5 Å². The molecule has 4 nitrogen and oxygen atoms in total. The summed E-state index contributed by atoms with van der Waals surface area (Å²) in [5.41, 5.74) is 0.989. The van der Waals surface area contributed by atoms with Gasteiger partial charge in [-0.05, 0) is 24.3 Å². The van der Waals surface area contributed by atoms with Crippen molar-refractivity contribution in [1.29, 1.82) is 0 Å². The Morgan fingerprint density at radius 1 is 1.35 bits per heavy atom. The molecular weight excluding hydrogens is 223 g/mol. The maximum absolute atomic E-state index is 12.9. The number of benzene rings is 1. The number of aldehydes is 1. The summed E-state index contributed by atoms with van der Waals surface area (Å²) in [6, 6.07) is 6.99. The van der Waals surface area contributed by atoms with Gasteiger partial charge in [0, 0.05) is 17.4 Å². The van der Waals surface area contributed by atoms with Crippen LogP contribution in [0.3, 0.4) is 0 Å². The van der Waals surface area contributed by atoms with Crippen molar-refractivity contribution in [1.82, 2.24) is 4.98 Å². The molecule has 86 valence electrons. The molecule has 0 saturated carbocycles. The molecular formula is C12H9FN2O2. The topological polar surface area (TPSA) is 62.0 Å². The number of aromatic nitrogens is 1. The first-order valence-electron chi connectivity index (χ1n) is 4.89. The minimum absolute atomic E-state index is 0.247. The number of rotatable bonds is 3. The monoisotopic (exact) mass is 232 g/mol. The second-order valence-electron chi connectivity index (χ2n) is 3.43. The van der Waals surface area contributed by atoms with Crippen LogP contribution in [0.1, 0.15) is 20.8 Å². The van der Waals surface area contributed by atoms with Gasteiger partial charge >= 0.3 is 0 Å². The number of aromatic amines is 1. The lowest BCUT2D eigenvalue weighted by Gasteiger charge is -2.03. The molecule has 0 aliphatic heterocycles. The summed E-state index contributed by atoms with van der Waals surface area (Å²) in [6.45, 7) is 0. The third-order valence-corrected chi connectivity index (χ3v) is 2.17. The molecule has 2 aromatic rings. The van der Waals surface area contributed by atoms with Crippen LogP contribution >= 0.6 is 0 Å². The first kappa shape index (κ1) is 11.1. The summed E-state index contributed by atoms with van der Waals surface area (Å²) >= 11 is 0. The zero-order valence-corrected chi connectivity index (χ0v) is 8.74. The molecule has 0 fully saturated rings. The van der Waals surface area contributed by atoms with E-state index in [1.807, 2.05) is 0 Å². The molecule has 0 saturated heterocycles. The lowest BCUT2D eigenvalue weighted by molar-refractivity contribution is 0.102. The molecule has 0 atom stereocenters. The van der Waals surface area contributed by atoms with Crippen LogP contribution in [0.4, 0.5) is 10.1 Å². The molecule has 1 amide bonds. The van der Waals surface area contributed by atoms with Crippen LogP contribution in [0.25, 0.3) is 0 Å². The Kier molecular flexibility index (Phi) is 3.00. The van der Waals surface area contributed by atoms with Gasteiger partial charge in [0.05, 0.1) is 0 Å². The average Bonchev–Trinajstić information content (AvgIpc) is 2.77. The van der Waals surface area contributed by atoms with E-state index in [2.05, 4.69) is 10.3 Å². The molecule has 0 unspecified atom stereocenters. The van der Waals surface area contributed by atoms with E-state index in [-0.39, 0.29) is 5.69 Å². The number of nitrogens with one attached hydrogen (secondary N) is 2. The number of hydrogen-bond donors (Lipinski definition) is 2. The lowest BCUT2D eigenvalue weighted by Crippen LogP contribution is -2.12. The van der Waals surface area contributed by atoms with Crippen molar-refractivity contribution in [3.8, 4) is 0 Å². The predicted molar refractivity (Wildman–Crippen MR) is 60.5 cm³/mol. The maximum atomic E-state index is 12.9. The van der Waals surface area contributed by atoms with Gasteiger partial charge < -0.3 is 10.3 Å². The van der Waals surface area contributed by atoms with Gasteiger partial charge in [-0.1, -0.05) is 6.07 Å². The van der Waals surface area contributed by atoms with Crippen molar-refractivity contribution in [2.24, 2.45) is 0 Å². The van der Waals surface area contributed by atoms with E-state index in [1.54, 1.807) is 6.07 Å². The largest absolute Gasteiger partial charge is 0.356 e. The third-order valence-electron chi connectivity index (χ3n) is 2.17. The minimum atomic E-state index is -0.428. The summed E-state index contributed by atoms with van der Waals surface area (Å²) < 4.78 is 12.9. The Morgan fingerprint density at radius 2 is 2.18 bits per heavy atom.